The summed E-state index contributed by atoms with van der Waals surface area (Å²) in [5.41, 5.74) is 6.39. The number of halogens is 1. The fraction of sp³-hybridized carbons (Fsp3) is 0.320. The predicted octanol–water partition coefficient (Wildman–Crippen LogP) is 5.19. The number of rotatable bonds is 7. The number of carbonyl (C=O) groups is 1. The Hall–Kier alpha value is -2.46. The molecule has 0 aliphatic carbocycles. The predicted molar refractivity (Wildman–Crippen MR) is 144 cm³/mol. The maximum Gasteiger partial charge on any atom is 0.226 e. The van der Waals surface area contributed by atoms with Crippen LogP contribution in [0.3, 0.4) is 0 Å². The second kappa shape index (κ2) is 10.2. The zero-order valence-electron chi connectivity index (χ0n) is 19.0. The minimum absolute atomic E-state index is 0.0181. The Kier molecular flexibility index (Phi) is 7.33. The van der Waals surface area contributed by atoms with Crippen LogP contribution in [-0.4, -0.2) is 32.4 Å². The number of H-pyrrole nitrogens is 1. The Balaban J connectivity index is 1.59. The van der Waals surface area contributed by atoms with Gasteiger partial charge in [0.15, 0.2) is 5.11 Å². The van der Waals surface area contributed by atoms with Crippen molar-refractivity contribution in [3.05, 3.63) is 80.4 Å². The van der Waals surface area contributed by atoms with Gasteiger partial charge in [-0.25, -0.2) is 0 Å². The van der Waals surface area contributed by atoms with Gasteiger partial charge in [0.1, 0.15) is 0 Å². The standard InChI is InChI=1S/C25H28IN5OS/c1-4-17-9-5-6-10-18(17)29-20(32)12-14-31-24(21-15(2)28-16(3)22(21)26)23(30-25(31)33)19-11-7-8-13-27-19/h5-11,13,23-24,28H,4,12,14H2,1-3H3,(H,29,32)(H,30,33)/t23-,24-/m0/s1. The van der Waals surface area contributed by atoms with Gasteiger partial charge >= 0.3 is 0 Å². The molecule has 1 aliphatic rings. The van der Waals surface area contributed by atoms with Crippen LogP contribution in [0.15, 0.2) is 48.7 Å². The Labute approximate surface area is 213 Å². The summed E-state index contributed by atoms with van der Waals surface area (Å²) in [7, 11) is 0. The van der Waals surface area contributed by atoms with Crippen LogP contribution in [-0.2, 0) is 11.2 Å². The summed E-state index contributed by atoms with van der Waals surface area (Å²) >= 11 is 8.15. The number of amides is 1. The molecule has 8 heteroatoms. The Morgan fingerprint density at radius 2 is 1.94 bits per heavy atom. The number of carbonyl (C=O) groups excluding carboxylic acids is 1. The lowest BCUT2D eigenvalue weighted by molar-refractivity contribution is -0.116. The highest BCUT2D eigenvalue weighted by atomic mass is 127. The number of nitrogens with one attached hydrogen (secondary N) is 3. The molecule has 3 N–H and O–H groups in total. The molecule has 1 fully saturated rings. The molecule has 172 valence electrons. The number of benzene rings is 1. The van der Waals surface area contributed by atoms with Crippen LogP contribution in [0.25, 0.3) is 0 Å². The first kappa shape index (κ1) is 23.7. The first-order chi connectivity index (χ1) is 15.9. The number of hydrogen-bond acceptors (Lipinski definition) is 3. The largest absolute Gasteiger partial charge is 0.362 e. The summed E-state index contributed by atoms with van der Waals surface area (Å²) in [5, 5.41) is 7.19. The van der Waals surface area contributed by atoms with Crippen LogP contribution >= 0.6 is 34.8 Å². The van der Waals surface area contributed by atoms with Crippen molar-refractivity contribution in [1.82, 2.24) is 20.2 Å². The third kappa shape index (κ3) is 4.91. The number of pyridine rings is 1. The minimum Gasteiger partial charge on any atom is -0.362 e. The molecule has 0 spiro atoms. The third-order valence-corrected chi connectivity index (χ3v) is 7.83. The number of nitrogens with zero attached hydrogens (tertiary/aromatic N) is 2. The second-order valence-corrected chi connectivity index (χ2v) is 9.70. The van der Waals surface area contributed by atoms with Gasteiger partial charge in [0.2, 0.25) is 5.91 Å². The molecule has 1 saturated heterocycles. The van der Waals surface area contributed by atoms with Gasteiger partial charge < -0.3 is 20.5 Å². The monoisotopic (exact) mass is 573 g/mol. The average molecular weight is 574 g/mol. The summed E-state index contributed by atoms with van der Waals surface area (Å²) in [6.07, 6.45) is 3.01. The highest BCUT2D eigenvalue weighted by Crippen LogP contribution is 2.42. The molecule has 0 bridgehead atoms. The number of thiocarbonyl (C=S) groups is 1. The molecule has 4 rings (SSSR count). The zero-order valence-corrected chi connectivity index (χ0v) is 22.0. The van der Waals surface area contributed by atoms with Crippen molar-refractivity contribution in [2.45, 2.75) is 45.7 Å². The van der Waals surface area contributed by atoms with Gasteiger partial charge in [-0.05, 0) is 78.8 Å². The highest BCUT2D eigenvalue weighted by molar-refractivity contribution is 14.1. The molecular weight excluding hydrogens is 545 g/mol. The number of aromatic amines is 1. The van der Waals surface area contributed by atoms with Crippen molar-refractivity contribution >= 4 is 51.5 Å². The van der Waals surface area contributed by atoms with Crippen molar-refractivity contribution < 1.29 is 4.79 Å². The highest BCUT2D eigenvalue weighted by Gasteiger charge is 2.42. The van der Waals surface area contributed by atoms with E-state index in [1.165, 1.54) is 9.13 Å². The number of aromatic nitrogens is 2. The van der Waals surface area contributed by atoms with E-state index in [0.29, 0.717) is 18.1 Å². The van der Waals surface area contributed by atoms with Crippen LogP contribution in [0.1, 0.15) is 53.6 Å². The van der Waals surface area contributed by atoms with Crippen LogP contribution < -0.4 is 10.6 Å². The van der Waals surface area contributed by atoms with E-state index in [4.69, 9.17) is 12.2 Å². The number of para-hydroxylation sites is 1. The fourth-order valence-corrected chi connectivity index (χ4v) is 5.66. The lowest BCUT2D eigenvalue weighted by atomic mass is 9.96. The van der Waals surface area contributed by atoms with E-state index in [9.17, 15) is 4.79 Å². The molecule has 2 atom stereocenters. The molecule has 3 heterocycles. The van der Waals surface area contributed by atoms with Crippen molar-refractivity contribution in [2.75, 3.05) is 11.9 Å². The van der Waals surface area contributed by atoms with Crippen LogP contribution in [0.5, 0.6) is 0 Å². The van der Waals surface area contributed by atoms with E-state index in [2.05, 4.69) is 68.9 Å². The van der Waals surface area contributed by atoms with Crippen LogP contribution in [0.2, 0.25) is 0 Å². The Bertz CT molecular complexity index is 1160. The summed E-state index contributed by atoms with van der Waals surface area (Å²) in [5.74, 6) is -0.0181. The van der Waals surface area contributed by atoms with Gasteiger partial charge in [0, 0.05) is 45.4 Å². The smallest absolute Gasteiger partial charge is 0.226 e. The number of aryl methyl sites for hydroxylation is 3. The molecule has 2 aromatic heterocycles. The van der Waals surface area contributed by atoms with Crippen LogP contribution in [0, 0.1) is 17.4 Å². The summed E-state index contributed by atoms with van der Waals surface area (Å²) in [6.45, 7) is 6.77. The first-order valence-corrected chi connectivity index (χ1v) is 12.6. The maximum atomic E-state index is 12.9. The summed E-state index contributed by atoms with van der Waals surface area (Å²) < 4.78 is 1.19. The van der Waals surface area contributed by atoms with Gasteiger partial charge in [-0.15, -0.1) is 0 Å². The van der Waals surface area contributed by atoms with E-state index >= 15 is 0 Å². The molecule has 1 aliphatic heterocycles. The second-order valence-electron chi connectivity index (χ2n) is 8.23. The number of hydrogen-bond donors (Lipinski definition) is 3. The molecular formula is C25H28IN5OS. The lowest BCUT2D eigenvalue weighted by Gasteiger charge is -2.28. The normalized spacial score (nSPS) is 17.8. The van der Waals surface area contributed by atoms with E-state index in [1.807, 2.05) is 42.5 Å². The van der Waals surface area contributed by atoms with Gasteiger partial charge in [-0.2, -0.15) is 0 Å². The van der Waals surface area contributed by atoms with E-state index in [1.54, 1.807) is 6.20 Å². The van der Waals surface area contributed by atoms with Crippen LogP contribution in [0.4, 0.5) is 5.69 Å². The average Bonchev–Trinajstić information content (AvgIpc) is 3.27. The molecule has 0 saturated carbocycles. The third-order valence-electron chi connectivity index (χ3n) is 6.09. The number of anilines is 1. The molecule has 0 radical (unpaired) electrons. The molecule has 33 heavy (non-hydrogen) atoms. The topological polar surface area (TPSA) is 73.1 Å². The fourth-order valence-electron chi connectivity index (χ4n) is 4.47. The Morgan fingerprint density at radius 1 is 1.18 bits per heavy atom. The van der Waals surface area contributed by atoms with E-state index < -0.39 is 0 Å². The summed E-state index contributed by atoms with van der Waals surface area (Å²) in [4.78, 5) is 23.1. The van der Waals surface area contributed by atoms with Crippen molar-refractivity contribution in [2.24, 2.45) is 0 Å². The van der Waals surface area contributed by atoms with Gasteiger partial charge in [-0.1, -0.05) is 31.2 Å². The molecule has 0 unspecified atom stereocenters. The molecule has 1 aromatic carbocycles. The SMILES string of the molecule is CCc1ccccc1NC(=O)CCN1C(=S)N[C@@H](c2ccccn2)[C@@H]1c1c(C)[nH]c(C)c1I. The summed E-state index contributed by atoms with van der Waals surface area (Å²) in [6, 6.07) is 13.7. The van der Waals surface area contributed by atoms with Crippen molar-refractivity contribution in [3.8, 4) is 0 Å². The van der Waals surface area contributed by atoms with E-state index in [0.717, 1.165) is 34.8 Å². The van der Waals surface area contributed by atoms with Gasteiger partial charge in [0.05, 0.1) is 17.8 Å². The van der Waals surface area contributed by atoms with Crippen molar-refractivity contribution in [3.63, 3.8) is 0 Å². The first-order valence-electron chi connectivity index (χ1n) is 11.1. The van der Waals surface area contributed by atoms with Gasteiger partial charge in [-0.3, -0.25) is 9.78 Å². The quantitative estimate of drug-likeness (QED) is 0.268. The van der Waals surface area contributed by atoms with Gasteiger partial charge in [0.25, 0.3) is 0 Å². The van der Waals surface area contributed by atoms with E-state index in [-0.39, 0.29) is 18.0 Å². The maximum absolute atomic E-state index is 12.9. The van der Waals surface area contributed by atoms with Crippen molar-refractivity contribution in [1.29, 1.82) is 0 Å². The minimum atomic E-state index is -0.0926. The zero-order chi connectivity index (χ0) is 23.5. The molecule has 3 aromatic rings. The Morgan fingerprint density at radius 3 is 2.61 bits per heavy atom. The molecule has 6 nitrogen and oxygen atoms in total. The lowest BCUT2D eigenvalue weighted by Crippen LogP contribution is -2.33. The molecule has 1 amide bonds.